The number of hydrogen-bond donors (Lipinski definition) is 1. The van der Waals surface area contributed by atoms with Crippen LogP contribution in [0.2, 0.25) is 0 Å². The van der Waals surface area contributed by atoms with E-state index in [0.29, 0.717) is 5.71 Å². The highest BCUT2D eigenvalue weighted by Gasteiger charge is 2.02. The average Bonchev–Trinajstić information content (AvgIpc) is 2.21. The van der Waals surface area contributed by atoms with E-state index in [1.165, 1.54) is 0 Å². The second-order valence-corrected chi connectivity index (χ2v) is 4.30. The molecule has 0 aliphatic rings. The monoisotopic (exact) mass is 265 g/mol. The Kier molecular flexibility index (Phi) is 4.32. The van der Waals surface area contributed by atoms with Crippen molar-refractivity contribution in [1.29, 1.82) is 5.26 Å². The van der Waals surface area contributed by atoms with Gasteiger partial charge >= 0.3 is 0 Å². The van der Waals surface area contributed by atoms with Gasteiger partial charge in [0.2, 0.25) is 0 Å². The highest BCUT2D eigenvalue weighted by atomic mass is 79.9. The predicted octanol–water partition coefficient (Wildman–Crippen LogP) is 3.40. The lowest BCUT2D eigenvalue weighted by Crippen LogP contribution is -2.07. The fourth-order valence-corrected chi connectivity index (χ4v) is 1.20. The average molecular weight is 266 g/mol. The number of rotatable bonds is 3. The minimum Gasteiger partial charge on any atom is -0.278 e. The van der Waals surface area contributed by atoms with Crippen LogP contribution in [0.1, 0.15) is 13.8 Å². The number of hydrazone groups is 1. The second-order valence-electron chi connectivity index (χ2n) is 3.38. The van der Waals surface area contributed by atoms with Crippen LogP contribution in [0, 0.1) is 17.2 Å². The van der Waals surface area contributed by atoms with Gasteiger partial charge in [0.25, 0.3) is 0 Å². The Labute approximate surface area is 97.9 Å². The van der Waals surface area contributed by atoms with Crippen molar-refractivity contribution >= 4 is 27.3 Å². The summed E-state index contributed by atoms with van der Waals surface area (Å²) < 4.78 is 1.02. The molecule has 3 nitrogen and oxygen atoms in total. The van der Waals surface area contributed by atoms with Gasteiger partial charge in [-0.15, -0.1) is 0 Å². The van der Waals surface area contributed by atoms with Crippen molar-refractivity contribution in [2.75, 3.05) is 5.43 Å². The lowest BCUT2D eigenvalue weighted by atomic mass is 10.1. The number of anilines is 1. The van der Waals surface area contributed by atoms with Crippen molar-refractivity contribution in [3.63, 3.8) is 0 Å². The Balaban J connectivity index is 2.71. The molecule has 0 fully saturated rings. The van der Waals surface area contributed by atoms with Crippen LogP contribution >= 0.6 is 15.9 Å². The molecule has 0 unspecified atom stereocenters. The van der Waals surface area contributed by atoms with Crippen LogP contribution in [-0.4, -0.2) is 5.71 Å². The molecule has 1 rings (SSSR count). The smallest absolute Gasteiger partial charge is 0.140 e. The van der Waals surface area contributed by atoms with Gasteiger partial charge in [-0.1, -0.05) is 29.8 Å². The summed E-state index contributed by atoms with van der Waals surface area (Å²) in [5.74, 6) is 0.137. The standard InChI is InChI=1S/C11H12BrN3/c1-8(2)11(7-13)15-14-10-5-3-9(12)4-6-10/h3-6,8,14H,1-2H3/b15-11+. The Morgan fingerprint density at radius 2 is 2.00 bits per heavy atom. The molecule has 1 aromatic carbocycles. The van der Waals surface area contributed by atoms with Crippen LogP contribution in [0.15, 0.2) is 33.8 Å². The van der Waals surface area contributed by atoms with Gasteiger partial charge in [-0.05, 0) is 24.3 Å². The maximum Gasteiger partial charge on any atom is 0.140 e. The Bertz CT molecular complexity index is 387. The van der Waals surface area contributed by atoms with Crippen molar-refractivity contribution < 1.29 is 0 Å². The minimum atomic E-state index is 0.137. The van der Waals surface area contributed by atoms with E-state index in [9.17, 15) is 0 Å². The first-order valence-corrected chi connectivity index (χ1v) is 5.42. The summed E-state index contributed by atoms with van der Waals surface area (Å²) in [5.41, 5.74) is 4.21. The van der Waals surface area contributed by atoms with E-state index in [1.54, 1.807) is 0 Å². The summed E-state index contributed by atoms with van der Waals surface area (Å²) in [7, 11) is 0. The molecule has 0 atom stereocenters. The minimum absolute atomic E-state index is 0.137. The molecular formula is C11H12BrN3. The molecule has 0 aliphatic heterocycles. The molecule has 1 aromatic rings. The second kappa shape index (κ2) is 5.52. The first-order valence-electron chi connectivity index (χ1n) is 4.62. The molecule has 0 spiro atoms. The van der Waals surface area contributed by atoms with Crippen molar-refractivity contribution in [3.8, 4) is 6.07 Å². The first-order chi connectivity index (χ1) is 7.13. The van der Waals surface area contributed by atoms with Crippen molar-refractivity contribution in [1.82, 2.24) is 0 Å². The summed E-state index contributed by atoms with van der Waals surface area (Å²) in [4.78, 5) is 0. The van der Waals surface area contributed by atoms with Gasteiger partial charge in [0.1, 0.15) is 11.8 Å². The van der Waals surface area contributed by atoms with E-state index in [-0.39, 0.29) is 5.92 Å². The molecule has 0 aromatic heterocycles. The highest BCUT2D eigenvalue weighted by molar-refractivity contribution is 9.10. The number of benzene rings is 1. The van der Waals surface area contributed by atoms with E-state index in [0.717, 1.165) is 10.2 Å². The normalized spacial score (nSPS) is 11.3. The van der Waals surface area contributed by atoms with Crippen LogP contribution in [0.5, 0.6) is 0 Å². The van der Waals surface area contributed by atoms with E-state index in [1.807, 2.05) is 38.1 Å². The highest BCUT2D eigenvalue weighted by Crippen LogP contribution is 2.14. The van der Waals surface area contributed by atoms with Crippen LogP contribution in [-0.2, 0) is 0 Å². The zero-order valence-electron chi connectivity index (χ0n) is 8.66. The number of hydrogen-bond acceptors (Lipinski definition) is 3. The van der Waals surface area contributed by atoms with Crippen molar-refractivity contribution in [3.05, 3.63) is 28.7 Å². The molecule has 0 radical (unpaired) electrons. The van der Waals surface area contributed by atoms with Crippen LogP contribution in [0.3, 0.4) is 0 Å². The van der Waals surface area contributed by atoms with E-state index < -0.39 is 0 Å². The van der Waals surface area contributed by atoms with Crippen LogP contribution in [0.25, 0.3) is 0 Å². The number of halogens is 1. The first kappa shape index (κ1) is 11.7. The van der Waals surface area contributed by atoms with Gasteiger partial charge in [-0.3, -0.25) is 5.43 Å². The molecule has 1 N–H and O–H groups in total. The van der Waals surface area contributed by atoms with E-state index in [2.05, 4.69) is 32.5 Å². The predicted molar refractivity (Wildman–Crippen MR) is 65.7 cm³/mol. The molecule has 15 heavy (non-hydrogen) atoms. The quantitative estimate of drug-likeness (QED) is 0.673. The summed E-state index contributed by atoms with van der Waals surface area (Å²) in [6, 6.07) is 9.68. The largest absolute Gasteiger partial charge is 0.278 e. The molecule has 0 amide bonds. The molecule has 4 heteroatoms. The third kappa shape index (κ3) is 3.72. The van der Waals surface area contributed by atoms with Crippen molar-refractivity contribution in [2.45, 2.75) is 13.8 Å². The lowest BCUT2D eigenvalue weighted by molar-refractivity contribution is 0.886. The van der Waals surface area contributed by atoms with Gasteiger partial charge in [-0.25, -0.2) is 0 Å². The van der Waals surface area contributed by atoms with Gasteiger partial charge < -0.3 is 0 Å². The lowest BCUT2D eigenvalue weighted by Gasteiger charge is -2.03. The van der Waals surface area contributed by atoms with E-state index in [4.69, 9.17) is 5.26 Å². The summed E-state index contributed by atoms with van der Waals surface area (Å²) in [5, 5.41) is 12.8. The molecule has 78 valence electrons. The number of nitrogens with one attached hydrogen (secondary N) is 1. The molecule has 0 aliphatic carbocycles. The third-order valence-corrected chi connectivity index (χ3v) is 2.34. The van der Waals surface area contributed by atoms with E-state index >= 15 is 0 Å². The number of nitrogens with zero attached hydrogens (tertiary/aromatic N) is 2. The molecule has 0 heterocycles. The fraction of sp³-hybridized carbons (Fsp3) is 0.273. The Hall–Kier alpha value is -1.34. The SMILES string of the molecule is CC(C)/C(C#N)=N/Nc1ccc(Br)cc1. The zero-order chi connectivity index (χ0) is 11.3. The molecule has 0 bridgehead atoms. The number of nitriles is 1. The van der Waals surface area contributed by atoms with Crippen LogP contribution < -0.4 is 5.43 Å². The fourth-order valence-electron chi connectivity index (χ4n) is 0.932. The maximum atomic E-state index is 8.79. The van der Waals surface area contributed by atoms with Crippen molar-refractivity contribution in [2.24, 2.45) is 11.0 Å². The Morgan fingerprint density at radius 3 is 2.47 bits per heavy atom. The maximum absolute atomic E-state index is 8.79. The Morgan fingerprint density at radius 1 is 1.40 bits per heavy atom. The van der Waals surface area contributed by atoms with Crippen LogP contribution in [0.4, 0.5) is 5.69 Å². The molecule has 0 saturated heterocycles. The summed E-state index contributed by atoms with van der Waals surface area (Å²) in [6.07, 6.45) is 0. The molecular weight excluding hydrogens is 254 g/mol. The van der Waals surface area contributed by atoms with Gasteiger partial charge in [0.15, 0.2) is 0 Å². The summed E-state index contributed by atoms with van der Waals surface area (Å²) >= 11 is 3.35. The van der Waals surface area contributed by atoms with Gasteiger partial charge in [0, 0.05) is 10.4 Å². The van der Waals surface area contributed by atoms with Gasteiger partial charge in [-0.2, -0.15) is 10.4 Å². The topological polar surface area (TPSA) is 48.2 Å². The zero-order valence-corrected chi connectivity index (χ0v) is 10.2. The van der Waals surface area contributed by atoms with Gasteiger partial charge in [0.05, 0.1) is 5.69 Å². The third-order valence-electron chi connectivity index (χ3n) is 1.81. The molecule has 0 saturated carbocycles. The summed E-state index contributed by atoms with van der Waals surface area (Å²) in [6.45, 7) is 3.87.